The van der Waals surface area contributed by atoms with E-state index in [1.54, 1.807) is 12.1 Å². The first-order valence-corrected chi connectivity index (χ1v) is 4.71. The molecule has 1 unspecified atom stereocenters. The maximum Gasteiger partial charge on any atom is 0.188 e. The molecule has 1 aromatic carbocycles. The number of benzene rings is 1. The van der Waals surface area contributed by atoms with Crippen molar-refractivity contribution in [3.8, 4) is 0 Å². The topological polar surface area (TPSA) is 34.1 Å². The molecule has 0 heterocycles. The van der Waals surface area contributed by atoms with Gasteiger partial charge < -0.3 is 0 Å². The molecule has 3 heteroatoms. The Bertz CT molecular complexity index is 354. The van der Waals surface area contributed by atoms with Gasteiger partial charge in [0.25, 0.3) is 0 Å². The Labute approximate surface area is 87.9 Å². The number of hydrogen-bond acceptors (Lipinski definition) is 2. The lowest BCUT2D eigenvalue weighted by atomic mass is 10.0. The van der Waals surface area contributed by atoms with E-state index < -0.39 is 5.38 Å². The Morgan fingerprint density at radius 1 is 1.21 bits per heavy atom. The molecule has 0 N–H and O–H groups in total. The van der Waals surface area contributed by atoms with E-state index in [1.807, 2.05) is 19.1 Å². The highest BCUT2D eigenvalue weighted by Crippen LogP contribution is 2.10. The maximum atomic E-state index is 11.5. The van der Waals surface area contributed by atoms with Crippen LogP contribution in [0.5, 0.6) is 0 Å². The van der Waals surface area contributed by atoms with E-state index >= 15 is 0 Å². The molecular weight excluding hydrogens is 200 g/mol. The van der Waals surface area contributed by atoms with Gasteiger partial charge in [-0.3, -0.25) is 9.59 Å². The Hall–Kier alpha value is -1.15. The Balaban J connectivity index is 2.90. The minimum atomic E-state index is -1.06. The molecule has 2 nitrogen and oxygen atoms in total. The van der Waals surface area contributed by atoms with Gasteiger partial charge in [0.05, 0.1) is 0 Å². The number of ketones is 2. The summed E-state index contributed by atoms with van der Waals surface area (Å²) in [5.41, 5.74) is 1.54. The first-order chi connectivity index (χ1) is 6.52. The van der Waals surface area contributed by atoms with Crippen LogP contribution in [-0.2, 0) is 4.79 Å². The molecule has 0 aliphatic rings. The van der Waals surface area contributed by atoms with Gasteiger partial charge in [-0.1, -0.05) is 29.8 Å². The number of alkyl halides is 1. The van der Waals surface area contributed by atoms with Gasteiger partial charge in [0, 0.05) is 5.56 Å². The second-order valence-corrected chi connectivity index (χ2v) is 3.64. The highest BCUT2D eigenvalue weighted by atomic mass is 35.5. The molecule has 0 amide bonds. The van der Waals surface area contributed by atoms with Gasteiger partial charge in [-0.25, -0.2) is 0 Å². The lowest BCUT2D eigenvalue weighted by Crippen LogP contribution is -2.22. The molecule has 74 valence electrons. The quantitative estimate of drug-likeness (QED) is 0.436. The number of aryl methyl sites for hydroxylation is 1. The molecule has 0 spiro atoms. The third kappa shape index (κ3) is 2.42. The molecule has 1 rings (SSSR count). The summed E-state index contributed by atoms with van der Waals surface area (Å²) in [5, 5.41) is -1.06. The zero-order valence-electron chi connectivity index (χ0n) is 8.08. The van der Waals surface area contributed by atoms with Gasteiger partial charge in [-0.15, -0.1) is 11.6 Å². The second kappa shape index (κ2) is 4.38. The fourth-order valence-corrected chi connectivity index (χ4v) is 1.17. The normalized spacial score (nSPS) is 12.2. The van der Waals surface area contributed by atoms with E-state index in [2.05, 4.69) is 0 Å². The first-order valence-electron chi connectivity index (χ1n) is 4.28. The molecule has 0 radical (unpaired) electrons. The smallest absolute Gasteiger partial charge is 0.188 e. The monoisotopic (exact) mass is 210 g/mol. The van der Waals surface area contributed by atoms with Crippen LogP contribution in [0.4, 0.5) is 0 Å². The van der Waals surface area contributed by atoms with Crippen molar-refractivity contribution in [1.29, 1.82) is 0 Å². The summed E-state index contributed by atoms with van der Waals surface area (Å²) in [5.74, 6) is -0.656. The fourth-order valence-electron chi connectivity index (χ4n) is 1.05. The number of halogens is 1. The van der Waals surface area contributed by atoms with Crippen molar-refractivity contribution in [3.63, 3.8) is 0 Å². The summed E-state index contributed by atoms with van der Waals surface area (Å²) < 4.78 is 0. The van der Waals surface area contributed by atoms with Crippen molar-refractivity contribution >= 4 is 23.2 Å². The largest absolute Gasteiger partial charge is 0.298 e. The average Bonchev–Trinajstić information content (AvgIpc) is 2.16. The van der Waals surface area contributed by atoms with Gasteiger partial charge in [-0.05, 0) is 13.8 Å². The first kappa shape index (κ1) is 10.9. The Kier molecular flexibility index (Phi) is 3.42. The standard InChI is InChI=1S/C11H11ClO2/c1-7-3-5-9(6-4-7)11(14)10(12)8(2)13/h3-6,10H,1-2H3. The van der Waals surface area contributed by atoms with Crippen molar-refractivity contribution in [2.45, 2.75) is 19.2 Å². The van der Waals surface area contributed by atoms with Crippen molar-refractivity contribution in [1.82, 2.24) is 0 Å². The van der Waals surface area contributed by atoms with Crippen molar-refractivity contribution < 1.29 is 9.59 Å². The highest BCUT2D eigenvalue weighted by Gasteiger charge is 2.21. The molecule has 0 saturated carbocycles. The number of hydrogen-bond donors (Lipinski definition) is 0. The third-order valence-electron chi connectivity index (χ3n) is 1.92. The van der Waals surface area contributed by atoms with Crippen LogP contribution in [0, 0.1) is 6.92 Å². The molecule has 1 aromatic rings. The van der Waals surface area contributed by atoms with E-state index in [0.717, 1.165) is 5.56 Å². The van der Waals surface area contributed by atoms with Gasteiger partial charge in [0.2, 0.25) is 0 Å². The van der Waals surface area contributed by atoms with Crippen molar-refractivity contribution in [2.75, 3.05) is 0 Å². The molecule has 1 atom stereocenters. The van der Waals surface area contributed by atoms with Crippen LogP contribution in [0.15, 0.2) is 24.3 Å². The van der Waals surface area contributed by atoms with Crippen LogP contribution in [0.25, 0.3) is 0 Å². The summed E-state index contributed by atoms with van der Waals surface area (Å²) in [4.78, 5) is 22.4. The zero-order chi connectivity index (χ0) is 10.7. The number of carbonyl (C=O) groups excluding carboxylic acids is 2. The van der Waals surface area contributed by atoms with Crippen LogP contribution in [0.3, 0.4) is 0 Å². The molecule has 0 aliphatic carbocycles. The molecular formula is C11H11ClO2. The van der Waals surface area contributed by atoms with E-state index in [0.29, 0.717) is 5.56 Å². The summed E-state index contributed by atoms with van der Waals surface area (Å²) in [6.45, 7) is 3.24. The maximum absolute atomic E-state index is 11.5. The SMILES string of the molecule is CC(=O)C(Cl)C(=O)c1ccc(C)cc1. The van der Waals surface area contributed by atoms with E-state index in [1.165, 1.54) is 6.92 Å². The Morgan fingerprint density at radius 3 is 2.14 bits per heavy atom. The predicted molar refractivity (Wildman–Crippen MR) is 55.8 cm³/mol. The fraction of sp³-hybridized carbons (Fsp3) is 0.273. The summed E-state index contributed by atoms with van der Waals surface area (Å²) in [6, 6.07) is 6.99. The number of carbonyl (C=O) groups is 2. The molecule has 14 heavy (non-hydrogen) atoms. The molecule has 0 fully saturated rings. The third-order valence-corrected chi connectivity index (χ3v) is 2.43. The van der Waals surface area contributed by atoms with Gasteiger partial charge in [-0.2, -0.15) is 0 Å². The molecule has 0 aromatic heterocycles. The lowest BCUT2D eigenvalue weighted by molar-refractivity contribution is -0.115. The van der Waals surface area contributed by atoms with Crippen LogP contribution in [0.1, 0.15) is 22.8 Å². The number of rotatable bonds is 3. The summed E-state index contributed by atoms with van der Waals surface area (Å²) in [7, 11) is 0. The minimum Gasteiger partial charge on any atom is -0.298 e. The Morgan fingerprint density at radius 2 is 1.71 bits per heavy atom. The molecule has 0 aliphatic heterocycles. The summed E-state index contributed by atoms with van der Waals surface area (Å²) in [6.07, 6.45) is 0. The highest BCUT2D eigenvalue weighted by molar-refractivity contribution is 6.44. The summed E-state index contributed by atoms with van der Waals surface area (Å²) >= 11 is 5.64. The zero-order valence-corrected chi connectivity index (χ0v) is 8.84. The predicted octanol–water partition coefficient (Wildman–Crippen LogP) is 2.37. The van der Waals surface area contributed by atoms with Gasteiger partial charge in [0.15, 0.2) is 16.9 Å². The van der Waals surface area contributed by atoms with Crippen molar-refractivity contribution in [2.24, 2.45) is 0 Å². The van der Waals surface area contributed by atoms with Crippen LogP contribution >= 0.6 is 11.6 Å². The van der Waals surface area contributed by atoms with Crippen molar-refractivity contribution in [3.05, 3.63) is 35.4 Å². The second-order valence-electron chi connectivity index (χ2n) is 3.20. The lowest BCUT2D eigenvalue weighted by Gasteiger charge is -2.04. The van der Waals surface area contributed by atoms with E-state index in [4.69, 9.17) is 11.6 Å². The van der Waals surface area contributed by atoms with E-state index in [-0.39, 0.29) is 11.6 Å². The molecule has 0 saturated heterocycles. The number of Topliss-reactive ketones (excluding diaryl/α,β-unsaturated/α-hetero) is 2. The van der Waals surface area contributed by atoms with Gasteiger partial charge in [0.1, 0.15) is 0 Å². The van der Waals surface area contributed by atoms with Crippen LogP contribution < -0.4 is 0 Å². The van der Waals surface area contributed by atoms with E-state index in [9.17, 15) is 9.59 Å². The minimum absolute atomic E-state index is 0.322. The molecule has 0 bridgehead atoms. The van der Waals surface area contributed by atoms with Crippen LogP contribution in [0.2, 0.25) is 0 Å². The van der Waals surface area contributed by atoms with Gasteiger partial charge >= 0.3 is 0 Å². The average molecular weight is 211 g/mol. The van der Waals surface area contributed by atoms with Crippen LogP contribution in [-0.4, -0.2) is 16.9 Å².